The van der Waals surface area contributed by atoms with Gasteiger partial charge in [-0.2, -0.15) is 0 Å². The van der Waals surface area contributed by atoms with Gasteiger partial charge in [0, 0.05) is 0 Å². The summed E-state index contributed by atoms with van der Waals surface area (Å²) in [5.74, 6) is 0. The molecule has 0 spiro atoms. The van der Waals surface area contributed by atoms with E-state index >= 15 is 0 Å². The maximum Gasteiger partial charge on any atom is 0.258 e. The SMILES string of the molecule is O=c1[nH]cnc2cc3c(cc12)CCC3. The molecular weight excluding hydrogens is 176 g/mol. The molecule has 3 nitrogen and oxygen atoms in total. The summed E-state index contributed by atoms with van der Waals surface area (Å²) in [5, 5.41) is 0.716. The first kappa shape index (κ1) is 7.74. The fraction of sp³-hybridized carbons (Fsp3) is 0.273. The maximum absolute atomic E-state index is 11.5. The van der Waals surface area contributed by atoms with E-state index in [0.717, 1.165) is 18.4 Å². The zero-order valence-corrected chi connectivity index (χ0v) is 7.71. The number of nitrogens with one attached hydrogen (secondary N) is 1. The van der Waals surface area contributed by atoms with Crippen molar-refractivity contribution in [1.29, 1.82) is 0 Å². The van der Waals surface area contributed by atoms with Crippen LogP contribution in [0.4, 0.5) is 0 Å². The lowest BCUT2D eigenvalue weighted by atomic mass is 10.1. The molecule has 0 fully saturated rings. The summed E-state index contributed by atoms with van der Waals surface area (Å²) in [7, 11) is 0. The predicted octanol–water partition coefficient (Wildman–Crippen LogP) is 1.41. The van der Waals surface area contributed by atoms with Crippen LogP contribution in [0.3, 0.4) is 0 Å². The molecule has 3 heteroatoms. The second-order valence-electron chi connectivity index (χ2n) is 3.72. The zero-order valence-electron chi connectivity index (χ0n) is 7.71. The fourth-order valence-corrected chi connectivity index (χ4v) is 2.14. The Kier molecular flexibility index (Phi) is 1.48. The fourth-order valence-electron chi connectivity index (χ4n) is 2.14. The Morgan fingerprint density at radius 1 is 1.21 bits per heavy atom. The standard InChI is InChI=1S/C11H10N2O/c14-11-9-4-7-2-1-3-8(7)5-10(9)12-6-13-11/h4-6H,1-3H2,(H,12,13,14). The Balaban J connectivity index is 2.45. The first-order valence-corrected chi connectivity index (χ1v) is 4.84. The minimum absolute atomic E-state index is 0.0373. The quantitative estimate of drug-likeness (QED) is 0.676. The third-order valence-electron chi connectivity index (χ3n) is 2.85. The number of aromatic nitrogens is 2. The van der Waals surface area contributed by atoms with Crippen molar-refractivity contribution in [3.8, 4) is 0 Å². The van der Waals surface area contributed by atoms with Crippen LogP contribution in [0.15, 0.2) is 23.3 Å². The topological polar surface area (TPSA) is 45.8 Å². The highest BCUT2D eigenvalue weighted by atomic mass is 16.1. The largest absolute Gasteiger partial charge is 0.313 e. The molecule has 1 aromatic carbocycles. The molecule has 1 aliphatic carbocycles. The van der Waals surface area contributed by atoms with Crippen LogP contribution in [0.1, 0.15) is 17.5 Å². The predicted molar refractivity (Wildman–Crippen MR) is 54.4 cm³/mol. The number of H-pyrrole nitrogens is 1. The summed E-state index contributed by atoms with van der Waals surface area (Å²) in [4.78, 5) is 18.2. The Morgan fingerprint density at radius 2 is 2.00 bits per heavy atom. The Morgan fingerprint density at radius 3 is 2.86 bits per heavy atom. The van der Waals surface area contributed by atoms with Gasteiger partial charge < -0.3 is 4.98 Å². The first-order valence-electron chi connectivity index (χ1n) is 4.84. The Hall–Kier alpha value is -1.64. The van der Waals surface area contributed by atoms with Crippen molar-refractivity contribution < 1.29 is 0 Å². The third kappa shape index (κ3) is 0.985. The third-order valence-corrected chi connectivity index (χ3v) is 2.85. The molecule has 0 amide bonds. The second kappa shape index (κ2) is 2.67. The Labute approximate surface area is 80.8 Å². The molecule has 1 aromatic heterocycles. The highest BCUT2D eigenvalue weighted by molar-refractivity contribution is 5.79. The van der Waals surface area contributed by atoms with E-state index in [2.05, 4.69) is 9.97 Å². The van der Waals surface area contributed by atoms with Crippen LogP contribution in [0.2, 0.25) is 0 Å². The Bertz CT molecular complexity index is 557. The molecular formula is C11H10N2O. The van der Waals surface area contributed by atoms with Crippen LogP contribution in [0, 0.1) is 0 Å². The number of aryl methyl sites for hydroxylation is 2. The second-order valence-corrected chi connectivity index (χ2v) is 3.72. The van der Waals surface area contributed by atoms with Gasteiger partial charge >= 0.3 is 0 Å². The van der Waals surface area contributed by atoms with Gasteiger partial charge in [0.1, 0.15) is 0 Å². The van der Waals surface area contributed by atoms with E-state index in [1.165, 1.54) is 23.9 Å². The zero-order chi connectivity index (χ0) is 9.54. The van der Waals surface area contributed by atoms with Crippen LogP contribution < -0.4 is 5.56 Å². The number of aromatic amines is 1. The van der Waals surface area contributed by atoms with Gasteiger partial charge in [-0.15, -0.1) is 0 Å². The van der Waals surface area contributed by atoms with E-state index in [-0.39, 0.29) is 5.56 Å². The van der Waals surface area contributed by atoms with E-state index in [1.807, 2.05) is 12.1 Å². The molecule has 1 heterocycles. The lowest BCUT2D eigenvalue weighted by Gasteiger charge is -2.00. The van der Waals surface area contributed by atoms with Crippen LogP contribution in [0.5, 0.6) is 0 Å². The monoisotopic (exact) mass is 186 g/mol. The highest BCUT2D eigenvalue weighted by Crippen LogP contribution is 2.24. The van der Waals surface area contributed by atoms with Gasteiger partial charge in [-0.05, 0) is 42.5 Å². The van der Waals surface area contributed by atoms with Crippen LogP contribution in [0.25, 0.3) is 10.9 Å². The van der Waals surface area contributed by atoms with Gasteiger partial charge in [-0.25, -0.2) is 4.98 Å². The summed E-state index contributed by atoms with van der Waals surface area (Å²) < 4.78 is 0. The smallest absolute Gasteiger partial charge is 0.258 e. The normalized spacial score (nSPS) is 14.6. The van der Waals surface area contributed by atoms with Crippen LogP contribution >= 0.6 is 0 Å². The molecule has 70 valence electrons. The molecule has 0 aliphatic heterocycles. The van der Waals surface area contributed by atoms with E-state index in [1.54, 1.807) is 0 Å². The van der Waals surface area contributed by atoms with Crippen LogP contribution in [-0.4, -0.2) is 9.97 Å². The molecule has 0 saturated carbocycles. The van der Waals surface area contributed by atoms with Crippen molar-refractivity contribution in [3.05, 3.63) is 39.9 Å². The van der Waals surface area contributed by atoms with Gasteiger partial charge in [0.25, 0.3) is 5.56 Å². The van der Waals surface area contributed by atoms with Gasteiger partial charge in [0.15, 0.2) is 0 Å². The summed E-state index contributed by atoms with van der Waals surface area (Å²) in [5.41, 5.74) is 3.45. The van der Waals surface area contributed by atoms with Crippen molar-refractivity contribution in [1.82, 2.24) is 9.97 Å². The molecule has 0 saturated heterocycles. The van der Waals surface area contributed by atoms with Gasteiger partial charge in [-0.3, -0.25) is 4.79 Å². The minimum Gasteiger partial charge on any atom is -0.313 e. The first-order chi connectivity index (χ1) is 6.84. The molecule has 1 N–H and O–H groups in total. The number of benzene rings is 1. The van der Waals surface area contributed by atoms with Gasteiger partial charge in [0.05, 0.1) is 17.2 Å². The molecule has 2 aromatic rings. The number of nitrogens with zero attached hydrogens (tertiary/aromatic N) is 1. The molecule has 0 radical (unpaired) electrons. The van der Waals surface area contributed by atoms with Gasteiger partial charge in [0.2, 0.25) is 0 Å². The molecule has 3 rings (SSSR count). The van der Waals surface area contributed by atoms with Crippen molar-refractivity contribution >= 4 is 10.9 Å². The summed E-state index contributed by atoms with van der Waals surface area (Å²) in [6, 6.07) is 4.04. The van der Waals surface area contributed by atoms with Crippen LogP contribution in [-0.2, 0) is 12.8 Å². The maximum atomic E-state index is 11.5. The molecule has 0 unspecified atom stereocenters. The number of hydrogen-bond donors (Lipinski definition) is 1. The average Bonchev–Trinajstić information content (AvgIpc) is 2.62. The average molecular weight is 186 g/mol. The molecule has 0 atom stereocenters. The van der Waals surface area contributed by atoms with E-state index < -0.39 is 0 Å². The highest BCUT2D eigenvalue weighted by Gasteiger charge is 2.12. The summed E-state index contributed by atoms with van der Waals surface area (Å²) in [6.45, 7) is 0. The van der Waals surface area contributed by atoms with E-state index in [9.17, 15) is 4.79 Å². The van der Waals surface area contributed by atoms with Crippen molar-refractivity contribution in [3.63, 3.8) is 0 Å². The summed E-state index contributed by atoms with van der Waals surface area (Å²) in [6.07, 6.45) is 4.88. The molecule has 1 aliphatic rings. The van der Waals surface area contributed by atoms with Crippen molar-refractivity contribution in [2.45, 2.75) is 19.3 Å². The number of rotatable bonds is 0. The van der Waals surface area contributed by atoms with Gasteiger partial charge in [-0.1, -0.05) is 0 Å². The minimum atomic E-state index is -0.0373. The van der Waals surface area contributed by atoms with E-state index in [0.29, 0.717) is 5.39 Å². The lowest BCUT2D eigenvalue weighted by Crippen LogP contribution is -2.06. The lowest BCUT2D eigenvalue weighted by molar-refractivity contribution is 0.912. The number of fused-ring (bicyclic) bond motifs is 2. The summed E-state index contributed by atoms with van der Waals surface area (Å²) >= 11 is 0. The van der Waals surface area contributed by atoms with E-state index in [4.69, 9.17) is 0 Å². The van der Waals surface area contributed by atoms with Crippen molar-refractivity contribution in [2.75, 3.05) is 0 Å². The van der Waals surface area contributed by atoms with Crippen molar-refractivity contribution in [2.24, 2.45) is 0 Å². The molecule has 0 bridgehead atoms. The molecule has 14 heavy (non-hydrogen) atoms. The number of hydrogen-bond acceptors (Lipinski definition) is 2.